The van der Waals surface area contributed by atoms with Crippen molar-refractivity contribution in [2.45, 2.75) is 45.1 Å². The number of benzene rings is 2. The van der Waals surface area contributed by atoms with Crippen molar-refractivity contribution in [2.75, 3.05) is 26.4 Å². The second kappa shape index (κ2) is 10.1. The van der Waals surface area contributed by atoms with Crippen LogP contribution in [-0.4, -0.2) is 32.5 Å². The summed E-state index contributed by atoms with van der Waals surface area (Å²) in [6.07, 6.45) is 2.64. The van der Waals surface area contributed by atoms with E-state index in [0.717, 1.165) is 19.3 Å². The first kappa shape index (κ1) is 21.7. The fourth-order valence-electron chi connectivity index (χ4n) is 3.69. The summed E-state index contributed by atoms with van der Waals surface area (Å²) in [7, 11) is 0. The first-order valence-electron chi connectivity index (χ1n) is 10.1. The van der Waals surface area contributed by atoms with Crippen LogP contribution >= 0.6 is 0 Å². The zero-order valence-corrected chi connectivity index (χ0v) is 16.8. The van der Waals surface area contributed by atoms with E-state index in [1.165, 1.54) is 18.2 Å². The van der Waals surface area contributed by atoms with Gasteiger partial charge in [-0.1, -0.05) is 12.1 Å². The maximum Gasteiger partial charge on any atom is 0.201 e. The van der Waals surface area contributed by atoms with Gasteiger partial charge in [-0.2, -0.15) is 4.39 Å². The van der Waals surface area contributed by atoms with Gasteiger partial charge in [-0.05, 0) is 62.4 Å². The average molecular weight is 408 g/mol. The molecule has 0 N–H and O–H groups in total. The SMILES string of the molecule is CCOCCC1CCC(c2ccc(-c3ccc(OCC)c(F)c3F)cc2F)CO1. The topological polar surface area (TPSA) is 27.7 Å². The molecule has 1 heterocycles. The van der Waals surface area contributed by atoms with Gasteiger partial charge in [0, 0.05) is 24.7 Å². The van der Waals surface area contributed by atoms with Crippen molar-refractivity contribution in [1.82, 2.24) is 0 Å². The molecular formula is C23H27F3O3. The van der Waals surface area contributed by atoms with Crippen molar-refractivity contribution in [2.24, 2.45) is 0 Å². The Morgan fingerprint density at radius 2 is 1.83 bits per heavy atom. The van der Waals surface area contributed by atoms with Gasteiger partial charge in [0.1, 0.15) is 5.82 Å². The van der Waals surface area contributed by atoms with Crippen LogP contribution in [0.25, 0.3) is 11.1 Å². The number of ether oxygens (including phenoxy) is 3. The predicted octanol–water partition coefficient (Wildman–Crippen LogP) is 5.86. The molecular weight excluding hydrogens is 381 g/mol. The van der Waals surface area contributed by atoms with Crippen LogP contribution in [-0.2, 0) is 9.47 Å². The van der Waals surface area contributed by atoms with E-state index in [-0.39, 0.29) is 35.5 Å². The Labute approximate surface area is 169 Å². The molecule has 0 aliphatic carbocycles. The van der Waals surface area contributed by atoms with E-state index in [9.17, 15) is 13.2 Å². The molecule has 0 aromatic heterocycles. The van der Waals surface area contributed by atoms with Crippen LogP contribution < -0.4 is 4.74 Å². The molecule has 3 nitrogen and oxygen atoms in total. The van der Waals surface area contributed by atoms with E-state index in [0.29, 0.717) is 25.4 Å². The van der Waals surface area contributed by atoms with Gasteiger partial charge in [0.15, 0.2) is 11.6 Å². The van der Waals surface area contributed by atoms with E-state index >= 15 is 0 Å². The van der Waals surface area contributed by atoms with Gasteiger partial charge in [-0.15, -0.1) is 0 Å². The van der Waals surface area contributed by atoms with Crippen LogP contribution in [0.1, 0.15) is 44.6 Å². The molecule has 1 fully saturated rings. The molecule has 0 amide bonds. The lowest BCUT2D eigenvalue weighted by atomic mass is 9.89. The fraction of sp³-hybridized carbons (Fsp3) is 0.478. The molecule has 158 valence electrons. The smallest absolute Gasteiger partial charge is 0.201 e. The highest BCUT2D eigenvalue weighted by atomic mass is 19.2. The van der Waals surface area contributed by atoms with Gasteiger partial charge in [0.25, 0.3) is 0 Å². The van der Waals surface area contributed by atoms with Crippen molar-refractivity contribution in [1.29, 1.82) is 0 Å². The van der Waals surface area contributed by atoms with Crippen molar-refractivity contribution < 1.29 is 27.4 Å². The standard InChI is InChI=1S/C23H27F3O3/c1-3-27-12-11-17-7-5-16(14-29-17)18-8-6-15(13-20(18)24)19-9-10-21(28-4-2)23(26)22(19)25/h6,8-10,13,16-17H,3-5,7,11-12,14H2,1-2H3. The monoisotopic (exact) mass is 408 g/mol. The number of hydrogen-bond acceptors (Lipinski definition) is 3. The summed E-state index contributed by atoms with van der Waals surface area (Å²) in [6.45, 7) is 5.67. The van der Waals surface area contributed by atoms with Crippen molar-refractivity contribution in [3.8, 4) is 16.9 Å². The number of halogens is 3. The van der Waals surface area contributed by atoms with Gasteiger partial charge in [-0.3, -0.25) is 0 Å². The van der Waals surface area contributed by atoms with E-state index in [1.807, 2.05) is 6.92 Å². The summed E-state index contributed by atoms with van der Waals surface area (Å²) in [5.41, 5.74) is 0.841. The highest BCUT2D eigenvalue weighted by Crippen LogP contribution is 2.35. The van der Waals surface area contributed by atoms with Crippen LogP contribution in [0.15, 0.2) is 30.3 Å². The van der Waals surface area contributed by atoms with Crippen LogP contribution in [0.2, 0.25) is 0 Å². The third-order valence-electron chi connectivity index (χ3n) is 5.26. The quantitative estimate of drug-likeness (QED) is 0.512. The van der Waals surface area contributed by atoms with Crippen LogP contribution in [0.4, 0.5) is 13.2 Å². The Bertz CT molecular complexity index is 817. The molecule has 1 aliphatic rings. The minimum absolute atomic E-state index is 0.00675. The van der Waals surface area contributed by atoms with Crippen molar-refractivity contribution >= 4 is 0 Å². The fourth-order valence-corrected chi connectivity index (χ4v) is 3.69. The van der Waals surface area contributed by atoms with E-state index in [2.05, 4.69) is 0 Å². The Morgan fingerprint density at radius 3 is 2.48 bits per heavy atom. The summed E-state index contributed by atoms with van der Waals surface area (Å²) in [4.78, 5) is 0. The second-order valence-corrected chi connectivity index (χ2v) is 7.12. The molecule has 6 heteroatoms. The summed E-state index contributed by atoms with van der Waals surface area (Å²) in [5, 5.41) is 0. The second-order valence-electron chi connectivity index (χ2n) is 7.12. The minimum Gasteiger partial charge on any atom is -0.491 e. The third-order valence-corrected chi connectivity index (χ3v) is 5.26. The summed E-state index contributed by atoms with van der Waals surface area (Å²) < 4.78 is 59.6. The number of hydrogen-bond donors (Lipinski definition) is 0. The van der Waals surface area contributed by atoms with Gasteiger partial charge in [-0.25, -0.2) is 8.78 Å². The molecule has 29 heavy (non-hydrogen) atoms. The van der Waals surface area contributed by atoms with Crippen LogP contribution in [0.5, 0.6) is 5.75 Å². The molecule has 1 aliphatic heterocycles. The van der Waals surface area contributed by atoms with E-state index in [4.69, 9.17) is 14.2 Å². The molecule has 1 saturated heterocycles. The van der Waals surface area contributed by atoms with Crippen LogP contribution in [0.3, 0.4) is 0 Å². The highest BCUT2D eigenvalue weighted by Gasteiger charge is 2.25. The van der Waals surface area contributed by atoms with E-state index < -0.39 is 17.5 Å². The van der Waals surface area contributed by atoms with Crippen LogP contribution in [0, 0.1) is 17.5 Å². The molecule has 2 aromatic rings. The van der Waals surface area contributed by atoms with Gasteiger partial charge in [0.05, 0.1) is 19.3 Å². The lowest BCUT2D eigenvalue weighted by Crippen LogP contribution is -2.26. The van der Waals surface area contributed by atoms with Crippen molar-refractivity contribution in [3.63, 3.8) is 0 Å². The summed E-state index contributed by atoms with van der Waals surface area (Å²) in [6, 6.07) is 7.30. The molecule has 0 spiro atoms. The zero-order valence-electron chi connectivity index (χ0n) is 16.8. The number of rotatable bonds is 8. The Morgan fingerprint density at radius 1 is 1.00 bits per heavy atom. The highest BCUT2D eigenvalue weighted by molar-refractivity contribution is 5.66. The normalized spacial score (nSPS) is 19.3. The maximum absolute atomic E-state index is 14.8. The Balaban J connectivity index is 1.71. The molecule has 3 rings (SSSR count). The first-order valence-corrected chi connectivity index (χ1v) is 10.1. The predicted molar refractivity (Wildman–Crippen MR) is 106 cm³/mol. The molecule has 2 unspecified atom stereocenters. The zero-order chi connectivity index (χ0) is 20.8. The van der Waals surface area contributed by atoms with Crippen molar-refractivity contribution in [3.05, 3.63) is 53.3 Å². The Kier molecular flexibility index (Phi) is 7.56. The minimum atomic E-state index is -1.06. The Hall–Kier alpha value is -2.05. The van der Waals surface area contributed by atoms with Gasteiger partial charge in [0.2, 0.25) is 5.82 Å². The summed E-state index contributed by atoms with van der Waals surface area (Å²) >= 11 is 0. The maximum atomic E-state index is 14.8. The molecule has 0 saturated carbocycles. The first-order chi connectivity index (χ1) is 14.0. The lowest BCUT2D eigenvalue weighted by molar-refractivity contribution is -0.0167. The third kappa shape index (κ3) is 5.11. The van der Waals surface area contributed by atoms with Gasteiger partial charge >= 0.3 is 0 Å². The molecule has 0 radical (unpaired) electrons. The molecule has 0 bridgehead atoms. The van der Waals surface area contributed by atoms with Gasteiger partial charge < -0.3 is 14.2 Å². The van der Waals surface area contributed by atoms with E-state index in [1.54, 1.807) is 19.1 Å². The summed E-state index contributed by atoms with van der Waals surface area (Å²) in [5.74, 6) is -2.73. The average Bonchev–Trinajstić information content (AvgIpc) is 2.72. The molecule has 2 atom stereocenters. The largest absolute Gasteiger partial charge is 0.491 e. The lowest BCUT2D eigenvalue weighted by Gasteiger charge is -2.29. The molecule has 2 aromatic carbocycles.